The lowest BCUT2D eigenvalue weighted by Gasteiger charge is -2.33. The number of aromatic nitrogens is 1. The van der Waals surface area contributed by atoms with Crippen LogP contribution in [0.1, 0.15) is 44.0 Å². The molecule has 4 aromatic rings. The van der Waals surface area contributed by atoms with Crippen LogP contribution < -0.4 is 5.32 Å². The van der Waals surface area contributed by atoms with Gasteiger partial charge in [-0.3, -0.25) is 4.79 Å². The normalized spacial score (nSPS) is 20.2. The highest BCUT2D eigenvalue weighted by atomic mass is 19.4. The van der Waals surface area contributed by atoms with Crippen molar-refractivity contribution in [3.8, 4) is 0 Å². The monoisotopic (exact) mass is 523 g/mol. The van der Waals surface area contributed by atoms with E-state index >= 15 is 0 Å². The van der Waals surface area contributed by atoms with Gasteiger partial charge in [-0.15, -0.1) is 0 Å². The van der Waals surface area contributed by atoms with Gasteiger partial charge in [0.05, 0.1) is 18.1 Å². The number of aromatic amines is 1. The fraction of sp³-hybridized carbons (Fsp3) is 0.214. The fourth-order valence-electron chi connectivity index (χ4n) is 5.92. The summed E-state index contributed by atoms with van der Waals surface area (Å²) >= 11 is 0. The molecule has 6 nitrogen and oxygen atoms in total. The Morgan fingerprint density at radius 2 is 1.79 bits per heavy atom. The number of esters is 1. The number of fused-ring (bicyclic) bond motifs is 4. The molecule has 3 heterocycles. The molecule has 1 fully saturated rings. The maximum absolute atomic E-state index is 14.5. The van der Waals surface area contributed by atoms with E-state index in [4.69, 9.17) is 4.74 Å². The highest BCUT2D eigenvalue weighted by Gasteiger charge is 2.58. The van der Waals surface area contributed by atoms with E-state index in [-0.39, 0.29) is 17.8 Å². The fourth-order valence-corrected chi connectivity index (χ4v) is 5.92. The van der Waals surface area contributed by atoms with Crippen molar-refractivity contribution >= 4 is 28.5 Å². The van der Waals surface area contributed by atoms with Crippen molar-refractivity contribution in [2.75, 3.05) is 19.0 Å². The molecular weight excluding hydrogens is 502 g/mol. The van der Waals surface area contributed by atoms with E-state index in [9.17, 15) is 27.2 Å². The number of anilines is 1. The van der Waals surface area contributed by atoms with Gasteiger partial charge >= 0.3 is 12.1 Å². The summed E-state index contributed by atoms with van der Waals surface area (Å²) in [5, 5.41) is 3.87. The maximum atomic E-state index is 14.5. The highest BCUT2D eigenvalue weighted by Crippen LogP contribution is 2.55. The van der Waals surface area contributed by atoms with E-state index in [0.29, 0.717) is 22.9 Å². The predicted molar refractivity (Wildman–Crippen MR) is 131 cm³/mol. The van der Waals surface area contributed by atoms with Crippen LogP contribution in [-0.2, 0) is 16.3 Å². The molecule has 1 saturated heterocycles. The van der Waals surface area contributed by atoms with E-state index in [2.05, 4.69) is 10.3 Å². The number of H-pyrrole nitrogens is 1. The number of rotatable bonds is 3. The zero-order valence-electron chi connectivity index (χ0n) is 20.0. The Morgan fingerprint density at radius 3 is 2.50 bits per heavy atom. The van der Waals surface area contributed by atoms with Crippen LogP contribution in [0.2, 0.25) is 0 Å². The number of nitrogens with one attached hydrogen (secondary N) is 2. The topological polar surface area (TPSA) is 74.4 Å². The van der Waals surface area contributed by atoms with E-state index in [1.165, 1.54) is 19.2 Å². The van der Waals surface area contributed by atoms with Crippen LogP contribution >= 0.6 is 0 Å². The zero-order chi connectivity index (χ0) is 26.8. The van der Waals surface area contributed by atoms with Crippen molar-refractivity contribution in [2.45, 2.75) is 24.2 Å². The Hall–Kier alpha value is -4.34. The molecule has 38 heavy (non-hydrogen) atoms. The molecule has 1 aromatic heterocycles. The van der Waals surface area contributed by atoms with Crippen molar-refractivity contribution in [3.05, 3.63) is 100 Å². The average Bonchev–Trinajstić information content (AvgIpc) is 3.56. The molecule has 2 aliphatic heterocycles. The average molecular weight is 523 g/mol. The number of amides is 1. The first-order chi connectivity index (χ1) is 18.1. The number of para-hydroxylation sites is 1. The van der Waals surface area contributed by atoms with Gasteiger partial charge in [0.2, 0.25) is 0 Å². The summed E-state index contributed by atoms with van der Waals surface area (Å²) in [6.45, 7) is 0.245. The standard InChI is InChI=1S/C28H21F4N3O3/c1-38-25(37)23-22(18-14-17(29)10-11-20(18)33-23)27-12-13-35(26(27)34-21-5-3-2-4-19(21)27)24(36)15-6-8-16(9-7-15)28(30,31)32/h2-11,14,26,33-34H,12-13H2,1H3/t26-,27-/m1/s1. The Balaban J connectivity index is 1.52. The van der Waals surface area contributed by atoms with Crippen molar-refractivity contribution in [3.63, 3.8) is 0 Å². The molecule has 2 aliphatic rings. The Kier molecular flexibility index (Phi) is 5.27. The Morgan fingerprint density at radius 1 is 1.05 bits per heavy atom. The summed E-state index contributed by atoms with van der Waals surface area (Å²) in [6, 6.07) is 15.7. The minimum Gasteiger partial charge on any atom is -0.464 e. The number of hydrogen-bond donors (Lipinski definition) is 2. The number of likely N-dealkylation sites (tertiary alicyclic amines) is 1. The number of nitrogens with zero attached hydrogens (tertiary/aromatic N) is 1. The summed E-state index contributed by atoms with van der Waals surface area (Å²) in [5.41, 5.74) is 1.04. The summed E-state index contributed by atoms with van der Waals surface area (Å²) in [4.78, 5) is 31.2. The number of carbonyl (C=O) groups is 2. The summed E-state index contributed by atoms with van der Waals surface area (Å²) < 4.78 is 58.8. The van der Waals surface area contributed by atoms with Crippen molar-refractivity contribution in [1.29, 1.82) is 0 Å². The van der Waals surface area contributed by atoms with Crippen molar-refractivity contribution in [1.82, 2.24) is 9.88 Å². The van der Waals surface area contributed by atoms with Gasteiger partial charge in [-0.2, -0.15) is 13.2 Å². The van der Waals surface area contributed by atoms with Crippen LogP contribution in [0.15, 0.2) is 66.7 Å². The summed E-state index contributed by atoms with van der Waals surface area (Å²) in [6.07, 6.45) is -4.84. The first kappa shape index (κ1) is 24.0. The number of hydrogen-bond acceptors (Lipinski definition) is 4. The van der Waals surface area contributed by atoms with E-state index < -0.39 is 41.0 Å². The lowest BCUT2D eigenvalue weighted by molar-refractivity contribution is -0.137. The minimum absolute atomic E-state index is 0.102. The second-order valence-electron chi connectivity index (χ2n) is 9.44. The summed E-state index contributed by atoms with van der Waals surface area (Å²) in [7, 11) is 1.25. The third-order valence-electron chi connectivity index (χ3n) is 7.54. The molecule has 2 atom stereocenters. The molecule has 0 aliphatic carbocycles. The molecule has 0 saturated carbocycles. The molecule has 0 unspecified atom stereocenters. The van der Waals surface area contributed by atoms with Crippen LogP contribution in [0.4, 0.5) is 23.2 Å². The number of ether oxygens (including phenoxy) is 1. The number of methoxy groups -OCH3 is 1. The molecule has 3 aromatic carbocycles. The van der Waals surface area contributed by atoms with E-state index in [1.54, 1.807) is 11.0 Å². The minimum atomic E-state index is -4.52. The number of benzene rings is 3. The maximum Gasteiger partial charge on any atom is 0.416 e. The predicted octanol–water partition coefficient (Wildman–Crippen LogP) is 5.70. The van der Waals surface area contributed by atoms with Crippen LogP contribution in [0.25, 0.3) is 10.9 Å². The highest BCUT2D eigenvalue weighted by molar-refractivity contribution is 6.01. The van der Waals surface area contributed by atoms with E-state index in [0.717, 1.165) is 35.5 Å². The van der Waals surface area contributed by atoms with Gasteiger partial charge in [-0.05, 0) is 60.5 Å². The molecule has 10 heteroatoms. The zero-order valence-corrected chi connectivity index (χ0v) is 20.0. The van der Waals surface area contributed by atoms with Crippen LogP contribution in [-0.4, -0.2) is 41.6 Å². The molecular formula is C28H21F4N3O3. The van der Waals surface area contributed by atoms with Gasteiger partial charge in [0.25, 0.3) is 5.91 Å². The smallest absolute Gasteiger partial charge is 0.416 e. The van der Waals surface area contributed by atoms with Crippen LogP contribution in [0.3, 0.4) is 0 Å². The summed E-state index contributed by atoms with van der Waals surface area (Å²) in [5.74, 6) is -1.59. The lowest BCUT2D eigenvalue weighted by atomic mass is 9.72. The third kappa shape index (κ3) is 3.39. The first-order valence-electron chi connectivity index (χ1n) is 11.9. The molecule has 6 rings (SSSR count). The van der Waals surface area contributed by atoms with Gasteiger partial charge in [0.1, 0.15) is 17.7 Å². The second-order valence-corrected chi connectivity index (χ2v) is 9.44. The number of alkyl halides is 3. The largest absolute Gasteiger partial charge is 0.464 e. The SMILES string of the molecule is COC(=O)c1[nH]c2ccc(F)cc2c1[C@]12CCN(C(=O)c3ccc(C(F)(F)F)cc3)[C@H]1Nc1ccccc12. The lowest BCUT2D eigenvalue weighted by Crippen LogP contribution is -2.47. The van der Waals surface area contributed by atoms with Crippen LogP contribution in [0.5, 0.6) is 0 Å². The number of carbonyl (C=O) groups excluding carboxylic acids is 2. The van der Waals surface area contributed by atoms with Gasteiger partial charge in [-0.1, -0.05) is 18.2 Å². The van der Waals surface area contributed by atoms with Gasteiger partial charge in [0.15, 0.2) is 0 Å². The quantitative estimate of drug-likeness (QED) is 0.267. The third-order valence-corrected chi connectivity index (χ3v) is 7.54. The van der Waals surface area contributed by atoms with Gasteiger partial charge in [0, 0.05) is 34.3 Å². The molecule has 194 valence electrons. The molecule has 0 bridgehead atoms. The molecule has 0 spiro atoms. The molecule has 1 amide bonds. The van der Waals surface area contributed by atoms with E-state index in [1.807, 2.05) is 24.3 Å². The molecule has 0 radical (unpaired) electrons. The van der Waals surface area contributed by atoms with Crippen molar-refractivity contribution < 1.29 is 31.9 Å². The number of halogens is 4. The van der Waals surface area contributed by atoms with Crippen molar-refractivity contribution in [2.24, 2.45) is 0 Å². The van der Waals surface area contributed by atoms with Gasteiger partial charge < -0.3 is 19.9 Å². The second kappa shape index (κ2) is 8.34. The first-order valence-corrected chi connectivity index (χ1v) is 11.9. The van der Waals surface area contributed by atoms with Crippen LogP contribution in [0, 0.1) is 5.82 Å². The molecule has 2 N–H and O–H groups in total. The Labute approximate surface area is 214 Å². The van der Waals surface area contributed by atoms with Gasteiger partial charge in [-0.25, -0.2) is 9.18 Å². The Bertz CT molecular complexity index is 1600.